The molecule has 0 aromatic carbocycles. The molecule has 0 spiro atoms. The molecule has 11 heavy (non-hydrogen) atoms. The van der Waals surface area contributed by atoms with Crippen molar-refractivity contribution >= 4 is 0 Å². The second-order valence-electron chi connectivity index (χ2n) is 3.28. The van der Waals surface area contributed by atoms with Crippen LogP contribution in [0.4, 0.5) is 0 Å². The Kier molecular flexibility index (Phi) is 4.38. The molecule has 66 valence electrons. The summed E-state index contributed by atoms with van der Waals surface area (Å²) in [6.07, 6.45) is 3.54. The van der Waals surface area contributed by atoms with Gasteiger partial charge in [-0.1, -0.05) is 25.0 Å². The molecule has 0 aromatic heterocycles. The molecular formula is C9H19NO. The third kappa shape index (κ3) is 4.17. The number of hydrogen-bond donors (Lipinski definition) is 2. The van der Waals surface area contributed by atoms with Crippen molar-refractivity contribution in [3.8, 4) is 0 Å². The van der Waals surface area contributed by atoms with Gasteiger partial charge >= 0.3 is 0 Å². The van der Waals surface area contributed by atoms with Gasteiger partial charge in [-0.2, -0.15) is 0 Å². The molecule has 0 rings (SSSR count). The maximum Gasteiger partial charge on any atom is 0.0951 e. The monoisotopic (exact) mass is 157 g/mol. The smallest absolute Gasteiger partial charge is 0.0951 e. The summed E-state index contributed by atoms with van der Waals surface area (Å²) in [6.45, 7) is 6.29. The molecule has 0 saturated carbocycles. The number of nitrogens with two attached hydrogens (primary N) is 1. The summed E-state index contributed by atoms with van der Waals surface area (Å²) in [5.74, 6) is 0. The van der Waals surface area contributed by atoms with Gasteiger partial charge in [0, 0.05) is 6.54 Å². The van der Waals surface area contributed by atoms with Crippen LogP contribution in [0.3, 0.4) is 0 Å². The summed E-state index contributed by atoms with van der Waals surface area (Å²) in [5, 5.41) is 9.79. The Morgan fingerprint density at radius 1 is 1.55 bits per heavy atom. The summed E-state index contributed by atoms with van der Waals surface area (Å²) in [6, 6.07) is 0. The van der Waals surface area contributed by atoms with E-state index in [4.69, 9.17) is 5.73 Å². The highest BCUT2D eigenvalue weighted by Gasteiger charge is 2.19. The van der Waals surface area contributed by atoms with E-state index in [-0.39, 0.29) is 0 Å². The molecule has 0 saturated heterocycles. The van der Waals surface area contributed by atoms with Crippen LogP contribution in [-0.4, -0.2) is 17.3 Å². The normalized spacial score (nSPS) is 15.7. The molecule has 0 heterocycles. The van der Waals surface area contributed by atoms with Gasteiger partial charge in [-0.05, 0) is 20.3 Å². The Balaban J connectivity index is 4.21. The van der Waals surface area contributed by atoms with Crippen LogP contribution in [0.1, 0.15) is 33.6 Å². The molecule has 0 fully saturated rings. The van der Waals surface area contributed by atoms with E-state index in [0.29, 0.717) is 6.54 Å². The Hall–Kier alpha value is -0.340. The number of aliphatic hydroxyl groups is 1. The fourth-order valence-corrected chi connectivity index (χ4v) is 1.20. The summed E-state index contributed by atoms with van der Waals surface area (Å²) in [4.78, 5) is 0. The first-order valence-corrected chi connectivity index (χ1v) is 4.12. The van der Waals surface area contributed by atoms with Crippen molar-refractivity contribution < 1.29 is 5.11 Å². The third-order valence-electron chi connectivity index (χ3n) is 1.59. The molecule has 0 aliphatic carbocycles. The van der Waals surface area contributed by atoms with E-state index in [0.717, 1.165) is 18.4 Å². The van der Waals surface area contributed by atoms with Crippen molar-refractivity contribution in [2.45, 2.75) is 39.2 Å². The lowest BCUT2D eigenvalue weighted by Crippen LogP contribution is -2.35. The minimum absolute atomic E-state index is 0.312. The highest BCUT2D eigenvalue weighted by atomic mass is 16.3. The van der Waals surface area contributed by atoms with Crippen molar-refractivity contribution in [3.05, 3.63) is 11.6 Å². The molecule has 0 bridgehead atoms. The lowest BCUT2D eigenvalue weighted by atomic mass is 9.96. The summed E-state index contributed by atoms with van der Waals surface area (Å²) >= 11 is 0. The molecule has 2 nitrogen and oxygen atoms in total. The van der Waals surface area contributed by atoms with Gasteiger partial charge in [0.15, 0.2) is 0 Å². The zero-order chi connectivity index (χ0) is 8.91. The van der Waals surface area contributed by atoms with Gasteiger partial charge in [0.25, 0.3) is 0 Å². The van der Waals surface area contributed by atoms with Crippen molar-refractivity contribution in [1.82, 2.24) is 0 Å². The van der Waals surface area contributed by atoms with Gasteiger partial charge in [0.2, 0.25) is 0 Å². The lowest BCUT2D eigenvalue weighted by molar-refractivity contribution is 0.0888. The molecule has 0 aromatic rings. The number of allylic oxidation sites excluding steroid dienone is 1. The minimum atomic E-state index is -0.770. The van der Waals surface area contributed by atoms with E-state index < -0.39 is 5.60 Å². The third-order valence-corrected chi connectivity index (χ3v) is 1.59. The van der Waals surface area contributed by atoms with E-state index in [9.17, 15) is 5.11 Å². The van der Waals surface area contributed by atoms with Crippen LogP contribution in [0.2, 0.25) is 0 Å². The molecule has 1 atom stereocenters. The van der Waals surface area contributed by atoms with Crippen LogP contribution in [-0.2, 0) is 0 Å². The average Bonchev–Trinajstić information content (AvgIpc) is 1.87. The zero-order valence-corrected chi connectivity index (χ0v) is 7.72. The van der Waals surface area contributed by atoms with Crippen molar-refractivity contribution in [2.24, 2.45) is 5.73 Å². The lowest BCUT2D eigenvalue weighted by Gasteiger charge is -2.22. The Labute approximate surface area is 69.1 Å². The van der Waals surface area contributed by atoms with E-state index >= 15 is 0 Å². The minimum Gasteiger partial charge on any atom is -0.384 e. The van der Waals surface area contributed by atoms with Crippen LogP contribution in [0, 0.1) is 0 Å². The van der Waals surface area contributed by atoms with E-state index in [1.165, 1.54) is 0 Å². The fourth-order valence-electron chi connectivity index (χ4n) is 1.20. The maximum atomic E-state index is 9.79. The quantitative estimate of drug-likeness (QED) is 0.607. The van der Waals surface area contributed by atoms with Crippen LogP contribution in [0.25, 0.3) is 0 Å². The first-order chi connectivity index (χ1) is 5.04. The Bertz CT molecular complexity index is 138. The van der Waals surface area contributed by atoms with Crippen molar-refractivity contribution in [1.29, 1.82) is 0 Å². The summed E-state index contributed by atoms with van der Waals surface area (Å²) < 4.78 is 0. The molecule has 0 radical (unpaired) electrons. The van der Waals surface area contributed by atoms with Gasteiger partial charge in [-0.3, -0.25) is 0 Å². The summed E-state index contributed by atoms with van der Waals surface area (Å²) in [7, 11) is 0. The molecule has 3 N–H and O–H groups in total. The Morgan fingerprint density at radius 2 is 2.09 bits per heavy atom. The summed E-state index contributed by atoms with van der Waals surface area (Å²) in [5.41, 5.74) is 5.79. The number of rotatable bonds is 4. The van der Waals surface area contributed by atoms with E-state index in [1.807, 2.05) is 26.8 Å². The van der Waals surface area contributed by atoms with Gasteiger partial charge < -0.3 is 10.8 Å². The second-order valence-corrected chi connectivity index (χ2v) is 3.28. The van der Waals surface area contributed by atoms with Crippen LogP contribution in [0.5, 0.6) is 0 Å². The largest absolute Gasteiger partial charge is 0.384 e. The predicted octanol–water partition coefficient (Wildman–Crippen LogP) is 1.44. The van der Waals surface area contributed by atoms with Crippen LogP contribution < -0.4 is 5.73 Å². The van der Waals surface area contributed by atoms with Crippen LogP contribution in [0.15, 0.2) is 11.6 Å². The SMILES string of the molecule is CCCC(O)(C=C(C)C)CN. The fraction of sp³-hybridized carbons (Fsp3) is 0.778. The van der Waals surface area contributed by atoms with E-state index in [2.05, 4.69) is 0 Å². The molecular weight excluding hydrogens is 138 g/mol. The topological polar surface area (TPSA) is 46.2 Å². The molecule has 0 aliphatic heterocycles. The van der Waals surface area contributed by atoms with Crippen LogP contribution >= 0.6 is 0 Å². The Morgan fingerprint density at radius 3 is 2.36 bits per heavy atom. The van der Waals surface area contributed by atoms with Crippen molar-refractivity contribution in [2.75, 3.05) is 6.54 Å². The second kappa shape index (κ2) is 4.52. The molecule has 0 aliphatic rings. The highest BCUT2D eigenvalue weighted by Crippen LogP contribution is 2.14. The first-order valence-electron chi connectivity index (χ1n) is 4.12. The van der Waals surface area contributed by atoms with Crippen molar-refractivity contribution in [3.63, 3.8) is 0 Å². The van der Waals surface area contributed by atoms with Gasteiger partial charge in [-0.25, -0.2) is 0 Å². The zero-order valence-electron chi connectivity index (χ0n) is 7.72. The van der Waals surface area contributed by atoms with E-state index in [1.54, 1.807) is 0 Å². The first kappa shape index (κ1) is 10.7. The maximum absolute atomic E-state index is 9.79. The average molecular weight is 157 g/mol. The standard InChI is InChI=1S/C9H19NO/c1-4-5-9(11,7-10)6-8(2)3/h6,11H,4-5,7,10H2,1-3H3. The van der Waals surface area contributed by atoms with Gasteiger partial charge in [0.1, 0.15) is 0 Å². The number of hydrogen-bond acceptors (Lipinski definition) is 2. The molecule has 0 amide bonds. The molecule has 2 heteroatoms. The molecule has 1 unspecified atom stereocenters. The van der Waals surface area contributed by atoms with Gasteiger partial charge in [0.05, 0.1) is 5.60 Å². The highest BCUT2D eigenvalue weighted by molar-refractivity contribution is 5.07. The predicted molar refractivity (Wildman–Crippen MR) is 48.3 cm³/mol. The van der Waals surface area contributed by atoms with Gasteiger partial charge in [-0.15, -0.1) is 0 Å².